The molecule has 2 amide bonds. The zero-order valence-corrected chi connectivity index (χ0v) is 14.4. The molecular weight excluding hydrogens is 414 g/mol. The van der Waals surface area contributed by atoms with Crippen LogP contribution >= 0.6 is 31.9 Å². The van der Waals surface area contributed by atoms with E-state index < -0.39 is 11.8 Å². The van der Waals surface area contributed by atoms with Crippen LogP contribution in [0.5, 0.6) is 5.75 Å². The van der Waals surface area contributed by atoms with E-state index in [0.29, 0.717) is 20.1 Å². The van der Waals surface area contributed by atoms with Crippen LogP contribution in [0.3, 0.4) is 0 Å². The molecule has 0 saturated heterocycles. The first-order chi connectivity index (χ1) is 10.5. The van der Waals surface area contributed by atoms with Crippen LogP contribution in [0, 0.1) is 0 Å². The number of amides is 2. The van der Waals surface area contributed by atoms with E-state index >= 15 is 0 Å². The number of hydrogen-bond donors (Lipinski definition) is 2. The Bertz CT molecular complexity index is 719. The van der Waals surface area contributed by atoms with Crippen LogP contribution in [0.15, 0.2) is 57.5 Å². The van der Waals surface area contributed by atoms with Crippen molar-refractivity contribution >= 4 is 49.8 Å². The molecule has 2 aromatic carbocycles. The van der Waals surface area contributed by atoms with Crippen molar-refractivity contribution in [2.75, 3.05) is 0 Å². The Balaban J connectivity index is 2.04. The molecule has 2 N–H and O–H groups in total. The lowest BCUT2D eigenvalue weighted by Crippen LogP contribution is -2.28. The summed E-state index contributed by atoms with van der Waals surface area (Å²) in [6, 6.07) is 11.8. The monoisotopic (exact) mass is 423 g/mol. The van der Waals surface area contributed by atoms with Gasteiger partial charge >= 0.3 is 0 Å². The summed E-state index contributed by atoms with van der Waals surface area (Å²) in [5, 5.41) is 11.9. The molecule has 4 nitrogen and oxygen atoms in total. The third kappa shape index (κ3) is 4.29. The molecule has 0 aromatic heterocycles. The third-order valence-corrected chi connectivity index (χ3v) is 3.95. The molecular formula is C16H11Br2NO3. The summed E-state index contributed by atoms with van der Waals surface area (Å²) >= 11 is 6.41. The number of benzene rings is 2. The van der Waals surface area contributed by atoms with Gasteiger partial charge in [-0.05, 0) is 67.8 Å². The highest BCUT2D eigenvalue weighted by molar-refractivity contribution is 9.11. The minimum atomic E-state index is -0.519. The summed E-state index contributed by atoms with van der Waals surface area (Å²) in [6.07, 6.45) is 2.80. The molecule has 6 heteroatoms. The smallest absolute Gasteiger partial charge is 0.258 e. The Morgan fingerprint density at radius 1 is 1.05 bits per heavy atom. The standard InChI is InChI=1S/C16H11Br2NO3/c17-12-8-10(9-13(18)15(12)21)6-7-14(20)19-16(22)11-4-2-1-3-5-11/h1-9,21H,(H,19,20,22)/b7-6+. The van der Waals surface area contributed by atoms with Crippen LogP contribution in [0.25, 0.3) is 6.08 Å². The van der Waals surface area contributed by atoms with Gasteiger partial charge < -0.3 is 5.11 Å². The van der Waals surface area contributed by atoms with E-state index in [1.165, 1.54) is 6.08 Å². The summed E-state index contributed by atoms with van der Waals surface area (Å²) in [4.78, 5) is 23.6. The number of carbonyl (C=O) groups is 2. The lowest BCUT2D eigenvalue weighted by molar-refractivity contribution is -0.115. The first kappa shape index (κ1) is 16.5. The normalized spacial score (nSPS) is 10.6. The van der Waals surface area contributed by atoms with Crippen LogP contribution in [0.1, 0.15) is 15.9 Å². The van der Waals surface area contributed by atoms with Crippen molar-refractivity contribution in [1.29, 1.82) is 0 Å². The Labute approximate surface area is 144 Å². The second-order valence-corrected chi connectivity index (χ2v) is 6.06. The van der Waals surface area contributed by atoms with Gasteiger partial charge in [0.05, 0.1) is 8.95 Å². The maximum absolute atomic E-state index is 11.8. The summed E-state index contributed by atoms with van der Waals surface area (Å²) in [7, 11) is 0. The zero-order valence-electron chi connectivity index (χ0n) is 11.2. The fraction of sp³-hybridized carbons (Fsp3) is 0. The number of hydrogen-bond acceptors (Lipinski definition) is 3. The zero-order chi connectivity index (χ0) is 16.1. The van der Waals surface area contributed by atoms with Gasteiger partial charge in [0.2, 0.25) is 0 Å². The average Bonchev–Trinajstić information content (AvgIpc) is 2.51. The lowest BCUT2D eigenvalue weighted by Gasteiger charge is -2.03. The number of rotatable bonds is 3. The fourth-order valence-electron chi connectivity index (χ4n) is 1.67. The maximum Gasteiger partial charge on any atom is 0.258 e. The highest BCUT2D eigenvalue weighted by Gasteiger charge is 2.08. The number of aromatic hydroxyl groups is 1. The summed E-state index contributed by atoms with van der Waals surface area (Å²) in [6.45, 7) is 0. The molecule has 0 bridgehead atoms. The van der Waals surface area contributed by atoms with E-state index in [1.807, 2.05) is 0 Å². The molecule has 112 valence electrons. The Morgan fingerprint density at radius 3 is 2.23 bits per heavy atom. The van der Waals surface area contributed by atoms with Gasteiger partial charge in [-0.2, -0.15) is 0 Å². The van der Waals surface area contributed by atoms with Crippen molar-refractivity contribution in [2.24, 2.45) is 0 Å². The fourth-order valence-corrected chi connectivity index (χ4v) is 2.89. The van der Waals surface area contributed by atoms with E-state index in [2.05, 4.69) is 37.2 Å². The topological polar surface area (TPSA) is 66.4 Å². The third-order valence-electron chi connectivity index (χ3n) is 2.74. The van der Waals surface area contributed by atoms with Gasteiger partial charge in [0.25, 0.3) is 11.8 Å². The molecule has 0 aliphatic carbocycles. The van der Waals surface area contributed by atoms with Gasteiger partial charge in [0, 0.05) is 11.6 Å². The van der Waals surface area contributed by atoms with Gasteiger partial charge in [-0.3, -0.25) is 14.9 Å². The molecule has 2 aromatic rings. The Morgan fingerprint density at radius 2 is 1.64 bits per heavy atom. The quantitative estimate of drug-likeness (QED) is 0.734. The molecule has 0 aliphatic heterocycles. The van der Waals surface area contributed by atoms with Crippen LogP contribution in [0.4, 0.5) is 0 Å². The first-order valence-corrected chi connectivity index (χ1v) is 7.82. The molecule has 0 atom stereocenters. The number of phenols is 1. The average molecular weight is 425 g/mol. The van der Waals surface area contributed by atoms with Crippen molar-refractivity contribution in [3.63, 3.8) is 0 Å². The largest absolute Gasteiger partial charge is 0.506 e. The van der Waals surface area contributed by atoms with Gasteiger partial charge in [-0.1, -0.05) is 18.2 Å². The number of nitrogens with one attached hydrogen (secondary N) is 1. The molecule has 0 saturated carbocycles. The lowest BCUT2D eigenvalue weighted by atomic mass is 10.2. The number of imide groups is 1. The molecule has 0 fully saturated rings. The van der Waals surface area contributed by atoms with Crippen molar-refractivity contribution in [1.82, 2.24) is 5.32 Å². The second kappa shape index (κ2) is 7.38. The van der Waals surface area contributed by atoms with Crippen molar-refractivity contribution in [2.45, 2.75) is 0 Å². The van der Waals surface area contributed by atoms with Crippen LogP contribution in [0.2, 0.25) is 0 Å². The van der Waals surface area contributed by atoms with Crippen LogP contribution < -0.4 is 5.32 Å². The maximum atomic E-state index is 11.8. The number of carbonyl (C=O) groups excluding carboxylic acids is 2. The summed E-state index contributed by atoms with van der Waals surface area (Å²) < 4.78 is 1.00. The van der Waals surface area contributed by atoms with Gasteiger partial charge in [0.1, 0.15) is 5.75 Å². The van der Waals surface area contributed by atoms with E-state index in [4.69, 9.17) is 0 Å². The Hall–Kier alpha value is -1.92. The van der Waals surface area contributed by atoms with Gasteiger partial charge in [0.15, 0.2) is 0 Å². The minimum absolute atomic E-state index is 0.0841. The molecule has 22 heavy (non-hydrogen) atoms. The van der Waals surface area contributed by atoms with Crippen molar-refractivity contribution in [3.8, 4) is 5.75 Å². The first-order valence-electron chi connectivity index (χ1n) is 6.24. The molecule has 0 radical (unpaired) electrons. The molecule has 0 heterocycles. The van der Waals surface area contributed by atoms with E-state index in [0.717, 1.165) is 0 Å². The van der Waals surface area contributed by atoms with Gasteiger partial charge in [-0.15, -0.1) is 0 Å². The number of phenolic OH excluding ortho intramolecular Hbond substituents is 1. The van der Waals surface area contributed by atoms with Crippen molar-refractivity contribution < 1.29 is 14.7 Å². The SMILES string of the molecule is O=C(/C=C/c1cc(Br)c(O)c(Br)c1)NC(=O)c1ccccc1. The highest BCUT2D eigenvalue weighted by atomic mass is 79.9. The highest BCUT2D eigenvalue weighted by Crippen LogP contribution is 2.33. The second-order valence-electron chi connectivity index (χ2n) is 4.35. The van der Waals surface area contributed by atoms with E-state index in [9.17, 15) is 14.7 Å². The predicted molar refractivity (Wildman–Crippen MR) is 91.5 cm³/mol. The minimum Gasteiger partial charge on any atom is -0.506 e. The number of halogens is 2. The Kier molecular flexibility index (Phi) is 5.51. The molecule has 2 rings (SSSR count). The summed E-state index contributed by atoms with van der Waals surface area (Å²) in [5.74, 6) is -0.890. The van der Waals surface area contributed by atoms with Crippen LogP contribution in [-0.4, -0.2) is 16.9 Å². The predicted octanol–water partition coefficient (Wildman–Crippen LogP) is 3.89. The molecule has 0 unspecified atom stereocenters. The van der Waals surface area contributed by atoms with Crippen LogP contribution in [-0.2, 0) is 4.79 Å². The molecule has 0 aliphatic rings. The van der Waals surface area contributed by atoms with Crippen molar-refractivity contribution in [3.05, 3.63) is 68.6 Å². The molecule has 0 spiro atoms. The van der Waals surface area contributed by atoms with E-state index in [-0.39, 0.29) is 5.75 Å². The van der Waals surface area contributed by atoms with Gasteiger partial charge in [-0.25, -0.2) is 0 Å². The van der Waals surface area contributed by atoms with E-state index in [1.54, 1.807) is 48.5 Å². The summed E-state index contributed by atoms with van der Waals surface area (Å²) in [5.41, 5.74) is 1.11.